The standard InChI is InChI=1S/C17H24N2O/c1-3-5-16(4-2)18-14-15-6-8-17(9-7-15)19-10-12-20-13-11-19/h2,6-9,16,18H,3,5,10-14H2,1H3. The van der Waals surface area contributed by atoms with E-state index in [0.717, 1.165) is 45.7 Å². The summed E-state index contributed by atoms with van der Waals surface area (Å²) in [6, 6.07) is 8.91. The second-order valence-corrected chi connectivity index (χ2v) is 5.15. The van der Waals surface area contributed by atoms with Gasteiger partial charge < -0.3 is 9.64 Å². The zero-order valence-corrected chi connectivity index (χ0v) is 12.3. The minimum atomic E-state index is 0.180. The molecule has 0 aromatic heterocycles. The smallest absolute Gasteiger partial charge is 0.0689 e. The minimum Gasteiger partial charge on any atom is -0.378 e. The highest BCUT2D eigenvalue weighted by molar-refractivity contribution is 5.47. The lowest BCUT2D eigenvalue weighted by atomic mass is 10.1. The zero-order valence-electron chi connectivity index (χ0n) is 12.3. The van der Waals surface area contributed by atoms with Gasteiger partial charge in [-0.1, -0.05) is 31.4 Å². The highest BCUT2D eigenvalue weighted by Crippen LogP contribution is 2.16. The third-order valence-electron chi connectivity index (χ3n) is 3.64. The van der Waals surface area contributed by atoms with Gasteiger partial charge in [-0.2, -0.15) is 0 Å². The SMILES string of the molecule is C#CC(CCC)NCc1ccc(N2CCOCC2)cc1. The molecule has 0 saturated carbocycles. The van der Waals surface area contributed by atoms with Crippen molar-refractivity contribution in [1.29, 1.82) is 0 Å². The summed E-state index contributed by atoms with van der Waals surface area (Å²) in [6.45, 7) is 6.59. The molecule has 1 aromatic carbocycles. The Labute approximate surface area is 122 Å². The van der Waals surface area contributed by atoms with Crippen LogP contribution in [0.1, 0.15) is 25.3 Å². The number of hydrogen-bond donors (Lipinski definition) is 1. The highest BCUT2D eigenvalue weighted by atomic mass is 16.5. The summed E-state index contributed by atoms with van der Waals surface area (Å²) in [5, 5.41) is 3.42. The molecule has 0 aliphatic carbocycles. The van der Waals surface area contributed by atoms with Crippen molar-refractivity contribution in [2.75, 3.05) is 31.2 Å². The molecular formula is C17H24N2O. The van der Waals surface area contributed by atoms with Gasteiger partial charge in [0.1, 0.15) is 0 Å². The molecule has 1 heterocycles. The zero-order chi connectivity index (χ0) is 14.2. The van der Waals surface area contributed by atoms with Crippen LogP contribution in [0.4, 0.5) is 5.69 Å². The lowest BCUT2D eigenvalue weighted by Crippen LogP contribution is -2.36. The van der Waals surface area contributed by atoms with Crippen molar-refractivity contribution in [2.45, 2.75) is 32.4 Å². The summed E-state index contributed by atoms with van der Waals surface area (Å²) in [7, 11) is 0. The molecule has 0 radical (unpaired) electrons. The van der Waals surface area contributed by atoms with E-state index in [1.54, 1.807) is 0 Å². The molecule has 0 amide bonds. The maximum absolute atomic E-state index is 5.51. The van der Waals surface area contributed by atoms with E-state index in [2.05, 4.69) is 47.3 Å². The van der Waals surface area contributed by atoms with Gasteiger partial charge in [0.15, 0.2) is 0 Å². The molecule has 108 valence electrons. The van der Waals surface area contributed by atoms with Crippen LogP contribution in [0.15, 0.2) is 24.3 Å². The summed E-state index contributed by atoms with van der Waals surface area (Å²) in [6.07, 6.45) is 7.65. The van der Waals surface area contributed by atoms with Gasteiger partial charge in [-0.3, -0.25) is 5.32 Å². The molecule has 0 bridgehead atoms. The van der Waals surface area contributed by atoms with Crippen LogP contribution >= 0.6 is 0 Å². The number of ether oxygens (including phenoxy) is 1. The lowest BCUT2D eigenvalue weighted by Gasteiger charge is -2.29. The van der Waals surface area contributed by atoms with Crippen molar-refractivity contribution in [2.24, 2.45) is 0 Å². The molecule has 0 spiro atoms. The Morgan fingerprint density at radius 1 is 1.30 bits per heavy atom. The first-order valence-corrected chi connectivity index (χ1v) is 7.44. The second kappa shape index (κ2) is 7.94. The first-order valence-electron chi connectivity index (χ1n) is 7.44. The normalized spacial score (nSPS) is 16.7. The Morgan fingerprint density at radius 2 is 2.00 bits per heavy atom. The van der Waals surface area contributed by atoms with Crippen molar-refractivity contribution in [3.63, 3.8) is 0 Å². The number of rotatable bonds is 6. The average molecular weight is 272 g/mol. The number of nitrogens with zero attached hydrogens (tertiary/aromatic N) is 1. The molecule has 1 aliphatic heterocycles. The van der Waals surface area contributed by atoms with Crippen LogP contribution in [0.5, 0.6) is 0 Å². The fourth-order valence-corrected chi connectivity index (χ4v) is 2.42. The Bertz CT molecular complexity index is 429. The summed E-state index contributed by atoms with van der Waals surface area (Å²) >= 11 is 0. The van der Waals surface area contributed by atoms with Crippen LogP contribution in [0.3, 0.4) is 0 Å². The molecular weight excluding hydrogens is 248 g/mol. The molecule has 20 heavy (non-hydrogen) atoms. The third kappa shape index (κ3) is 4.26. The van der Waals surface area contributed by atoms with Crippen LogP contribution in [-0.2, 0) is 11.3 Å². The van der Waals surface area contributed by atoms with Crippen LogP contribution < -0.4 is 10.2 Å². The van der Waals surface area contributed by atoms with E-state index in [-0.39, 0.29) is 6.04 Å². The van der Waals surface area contributed by atoms with Crippen LogP contribution in [-0.4, -0.2) is 32.3 Å². The fourth-order valence-electron chi connectivity index (χ4n) is 2.42. The summed E-state index contributed by atoms with van der Waals surface area (Å²) < 4.78 is 5.37. The summed E-state index contributed by atoms with van der Waals surface area (Å²) in [5.41, 5.74) is 2.55. The van der Waals surface area contributed by atoms with Crippen molar-refractivity contribution < 1.29 is 4.74 Å². The van der Waals surface area contributed by atoms with E-state index < -0.39 is 0 Å². The second-order valence-electron chi connectivity index (χ2n) is 5.15. The van der Waals surface area contributed by atoms with Crippen LogP contribution in [0.25, 0.3) is 0 Å². The van der Waals surface area contributed by atoms with E-state index in [1.807, 2.05) is 0 Å². The molecule has 1 saturated heterocycles. The minimum absolute atomic E-state index is 0.180. The van der Waals surface area contributed by atoms with Gasteiger partial charge >= 0.3 is 0 Å². The molecule has 1 N–H and O–H groups in total. The van der Waals surface area contributed by atoms with Gasteiger partial charge in [0.25, 0.3) is 0 Å². The molecule has 2 rings (SSSR count). The van der Waals surface area contributed by atoms with Crippen molar-refractivity contribution >= 4 is 5.69 Å². The maximum atomic E-state index is 5.51. The van der Waals surface area contributed by atoms with E-state index in [9.17, 15) is 0 Å². The van der Waals surface area contributed by atoms with E-state index in [0.29, 0.717) is 0 Å². The fraction of sp³-hybridized carbons (Fsp3) is 0.529. The highest BCUT2D eigenvalue weighted by Gasteiger charge is 2.10. The lowest BCUT2D eigenvalue weighted by molar-refractivity contribution is 0.122. The van der Waals surface area contributed by atoms with Crippen molar-refractivity contribution in [3.05, 3.63) is 29.8 Å². The van der Waals surface area contributed by atoms with Gasteiger partial charge in [-0.05, 0) is 24.1 Å². The van der Waals surface area contributed by atoms with Crippen molar-refractivity contribution in [1.82, 2.24) is 5.32 Å². The van der Waals surface area contributed by atoms with E-state index in [4.69, 9.17) is 11.2 Å². The third-order valence-corrected chi connectivity index (χ3v) is 3.64. The molecule has 1 atom stereocenters. The topological polar surface area (TPSA) is 24.5 Å². The van der Waals surface area contributed by atoms with Gasteiger partial charge in [-0.25, -0.2) is 0 Å². The molecule has 1 aliphatic rings. The average Bonchev–Trinajstić information content (AvgIpc) is 2.53. The molecule has 3 heteroatoms. The monoisotopic (exact) mass is 272 g/mol. The van der Waals surface area contributed by atoms with Gasteiger partial charge in [0.2, 0.25) is 0 Å². The number of morpholine rings is 1. The maximum Gasteiger partial charge on any atom is 0.0689 e. The Balaban J connectivity index is 1.86. The number of benzene rings is 1. The number of terminal acetylenes is 1. The molecule has 1 fully saturated rings. The summed E-state index contributed by atoms with van der Waals surface area (Å²) in [4.78, 5) is 2.36. The Hall–Kier alpha value is -1.50. The van der Waals surface area contributed by atoms with E-state index >= 15 is 0 Å². The first kappa shape index (κ1) is 14.9. The van der Waals surface area contributed by atoms with Crippen LogP contribution in [0.2, 0.25) is 0 Å². The van der Waals surface area contributed by atoms with Gasteiger partial charge in [0.05, 0.1) is 19.3 Å². The quantitative estimate of drug-likeness (QED) is 0.805. The van der Waals surface area contributed by atoms with Gasteiger partial charge in [-0.15, -0.1) is 6.42 Å². The first-order chi connectivity index (χ1) is 9.83. The van der Waals surface area contributed by atoms with Crippen LogP contribution in [0, 0.1) is 12.3 Å². The number of nitrogens with one attached hydrogen (secondary N) is 1. The van der Waals surface area contributed by atoms with E-state index in [1.165, 1.54) is 11.3 Å². The Morgan fingerprint density at radius 3 is 2.60 bits per heavy atom. The number of anilines is 1. The Kier molecular flexibility index (Phi) is 5.91. The largest absolute Gasteiger partial charge is 0.378 e. The molecule has 1 unspecified atom stereocenters. The van der Waals surface area contributed by atoms with Gasteiger partial charge in [0, 0.05) is 25.3 Å². The number of hydrogen-bond acceptors (Lipinski definition) is 3. The van der Waals surface area contributed by atoms with Crippen molar-refractivity contribution in [3.8, 4) is 12.3 Å². The predicted octanol–water partition coefficient (Wildman–Crippen LogP) is 2.41. The molecule has 3 nitrogen and oxygen atoms in total. The predicted molar refractivity (Wildman–Crippen MR) is 83.8 cm³/mol. The molecule has 1 aromatic rings. The summed E-state index contributed by atoms with van der Waals surface area (Å²) in [5.74, 6) is 2.80.